The average Bonchev–Trinajstić information content (AvgIpc) is 2.49. The number of amides is 1. The van der Waals surface area contributed by atoms with Crippen LogP contribution in [0.5, 0.6) is 0 Å². The molecule has 0 saturated heterocycles. The molecular weight excluding hydrogens is 349 g/mol. The normalized spacial score (nSPS) is 12.1. The Bertz CT molecular complexity index is 541. The van der Waals surface area contributed by atoms with E-state index in [1.54, 1.807) is 18.2 Å². The van der Waals surface area contributed by atoms with E-state index in [4.69, 9.17) is 27.9 Å². The first-order valence-corrected chi connectivity index (χ1v) is 8.96. The lowest BCUT2D eigenvalue weighted by molar-refractivity contribution is -0.152. The zero-order valence-corrected chi connectivity index (χ0v) is 15.9. The highest BCUT2D eigenvalue weighted by Crippen LogP contribution is 2.36. The summed E-state index contributed by atoms with van der Waals surface area (Å²) in [6.07, 6.45) is 2.30. The predicted molar refractivity (Wildman–Crippen MR) is 97.3 cm³/mol. The van der Waals surface area contributed by atoms with Crippen LogP contribution in [-0.2, 0) is 14.3 Å². The van der Waals surface area contributed by atoms with Crippen molar-refractivity contribution in [3.05, 3.63) is 33.8 Å². The van der Waals surface area contributed by atoms with Crippen LogP contribution in [0.1, 0.15) is 58.1 Å². The molecule has 0 saturated carbocycles. The number of halogens is 2. The minimum Gasteiger partial charge on any atom is -0.457 e. The van der Waals surface area contributed by atoms with E-state index in [1.807, 2.05) is 13.8 Å². The molecule has 0 aliphatic heterocycles. The van der Waals surface area contributed by atoms with Crippen LogP contribution in [0.25, 0.3) is 0 Å². The fourth-order valence-corrected chi connectivity index (χ4v) is 2.96. The Hall–Kier alpha value is -1.26. The third kappa shape index (κ3) is 7.10. The van der Waals surface area contributed by atoms with Gasteiger partial charge in [0.15, 0.2) is 0 Å². The molecule has 24 heavy (non-hydrogen) atoms. The van der Waals surface area contributed by atoms with Crippen molar-refractivity contribution in [3.8, 4) is 0 Å². The van der Waals surface area contributed by atoms with Gasteiger partial charge in [-0.25, -0.2) is 0 Å². The van der Waals surface area contributed by atoms with E-state index in [9.17, 15) is 9.59 Å². The van der Waals surface area contributed by atoms with Gasteiger partial charge < -0.3 is 10.1 Å². The number of benzene rings is 1. The van der Waals surface area contributed by atoms with Crippen LogP contribution >= 0.6 is 23.2 Å². The smallest absolute Gasteiger partial charge is 0.306 e. The molecule has 1 aromatic carbocycles. The summed E-state index contributed by atoms with van der Waals surface area (Å²) >= 11 is 12.5. The molecule has 0 heterocycles. The average molecular weight is 374 g/mol. The van der Waals surface area contributed by atoms with Crippen LogP contribution in [-0.4, -0.2) is 18.4 Å². The summed E-state index contributed by atoms with van der Waals surface area (Å²) in [4.78, 5) is 22.9. The molecule has 6 heteroatoms. The molecule has 1 atom stereocenters. The first-order valence-electron chi connectivity index (χ1n) is 8.20. The highest BCUT2D eigenvalue weighted by Gasteiger charge is 2.25. The maximum Gasteiger partial charge on any atom is 0.306 e. The van der Waals surface area contributed by atoms with Crippen LogP contribution in [0.3, 0.4) is 0 Å². The second-order valence-electron chi connectivity index (χ2n) is 6.08. The van der Waals surface area contributed by atoms with Gasteiger partial charge in [-0.05, 0) is 30.9 Å². The van der Waals surface area contributed by atoms with E-state index in [0.717, 1.165) is 19.3 Å². The lowest BCUT2D eigenvalue weighted by Crippen LogP contribution is -2.20. The number of nitrogens with one attached hydrogen (secondary N) is 1. The Morgan fingerprint density at radius 3 is 2.29 bits per heavy atom. The molecule has 134 valence electrons. The van der Waals surface area contributed by atoms with Gasteiger partial charge in [-0.3, -0.25) is 9.59 Å². The third-order valence-corrected chi connectivity index (χ3v) is 4.24. The van der Waals surface area contributed by atoms with Crippen molar-refractivity contribution < 1.29 is 14.3 Å². The maximum absolute atomic E-state index is 12.1. The van der Waals surface area contributed by atoms with Gasteiger partial charge in [0.25, 0.3) is 0 Å². The van der Waals surface area contributed by atoms with Crippen LogP contribution in [0, 0.1) is 5.92 Å². The SMILES string of the molecule is CC(=O)NCCCCCC(=O)O[C@@H](c1c(Cl)cccc1Cl)C(C)C. The second kappa shape index (κ2) is 10.6. The largest absolute Gasteiger partial charge is 0.457 e. The van der Waals surface area contributed by atoms with Crippen molar-refractivity contribution in [1.82, 2.24) is 5.32 Å². The van der Waals surface area contributed by atoms with E-state index >= 15 is 0 Å². The summed E-state index contributed by atoms with van der Waals surface area (Å²) in [6.45, 7) is 6.05. The van der Waals surface area contributed by atoms with E-state index in [1.165, 1.54) is 6.92 Å². The lowest BCUT2D eigenvalue weighted by Gasteiger charge is -2.24. The summed E-state index contributed by atoms with van der Waals surface area (Å²) in [7, 11) is 0. The highest BCUT2D eigenvalue weighted by atomic mass is 35.5. The second-order valence-corrected chi connectivity index (χ2v) is 6.90. The quantitative estimate of drug-likeness (QED) is 0.493. The summed E-state index contributed by atoms with van der Waals surface area (Å²) < 4.78 is 5.63. The Kier molecular flexibility index (Phi) is 9.16. The molecule has 4 nitrogen and oxygen atoms in total. The molecule has 0 bridgehead atoms. The molecule has 0 aliphatic carbocycles. The molecular formula is C18H25Cl2NO3. The molecule has 0 spiro atoms. The fraction of sp³-hybridized carbons (Fsp3) is 0.556. The standard InChI is InChI=1S/C18H25Cl2NO3/c1-12(2)18(17-14(19)8-7-9-15(17)20)24-16(23)10-5-4-6-11-21-13(3)22/h7-9,12,18H,4-6,10-11H2,1-3H3,(H,21,22)/t18-/m1/s1. The number of rotatable bonds is 9. The van der Waals surface area contributed by atoms with E-state index in [0.29, 0.717) is 28.6 Å². The molecule has 1 N–H and O–H groups in total. The Morgan fingerprint density at radius 1 is 1.12 bits per heavy atom. The van der Waals surface area contributed by atoms with Crippen LogP contribution in [0.4, 0.5) is 0 Å². The summed E-state index contributed by atoms with van der Waals surface area (Å²) in [5.74, 6) is -0.235. The third-order valence-electron chi connectivity index (χ3n) is 3.58. The molecule has 0 unspecified atom stereocenters. The Balaban J connectivity index is 2.51. The van der Waals surface area contributed by atoms with E-state index in [2.05, 4.69) is 5.32 Å². The predicted octanol–water partition coefficient (Wildman–Crippen LogP) is 4.93. The van der Waals surface area contributed by atoms with Crippen molar-refractivity contribution in [2.24, 2.45) is 5.92 Å². The summed E-state index contributed by atoms with van der Waals surface area (Å²) in [5.41, 5.74) is 0.662. The molecule has 0 aliphatic rings. The number of unbranched alkanes of at least 4 members (excludes halogenated alkanes) is 2. The minimum absolute atomic E-state index is 0.0363. The monoisotopic (exact) mass is 373 g/mol. The van der Waals surface area contributed by atoms with Crippen molar-refractivity contribution in [1.29, 1.82) is 0 Å². The van der Waals surface area contributed by atoms with E-state index < -0.39 is 6.10 Å². The molecule has 0 radical (unpaired) electrons. The number of hydrogen-bond acceptors (Lipinski definition) is 3. The van der Waals surface area contributed by atoms with Gasteiger partial charge in [0.05, 0.1) is 0 Å². The van der Waals surface area contributed by atoms with Gasteiger partial charge in [-0.2, -0.15) is 0 Å². The lowest BCUT2D eigenvalue weighted by atomic mass is 9.98. The molecule has 1 aromatic rings. The van der Waals surface area contributed by atoms with E-state index in [-0.39, 0.29) is 17.8 Å². The number of carbonyl (C=O) groups is 2. The van der Waals surface area contributed by atoms with Crippen LogP contribution in [0.2, 0.25) is 10.0 Å². The number of esters is 1. The van der Waals surface area contributed by atoms with Gasteiger partial charge in [0, 0.05) is 35.5 Å². The van der Waals surface area contributed by atoms with Gasteiger partial charge in [0.2, 0.25) is 5.91 Å². The fourth-order valence-electron chi connectivity index (χ4n) is 2.35. The van der Waals surface area contributed by atoms with Crippen molar-refractivity contribution >= 4 is 35.1 Å². The summed E-state index contributed by atoms with van der Waals surface area (Å²) in [5, 5.41) is 3.74. The first-order chi connectivity index (χ1) is 11.3. The van der Waals surface area contributed by atoms with Gasteiger partial charge >= 0.3 is 5.97 Å². The first kappa shape index (κ1) is 20.8. The van der Waals surface area contributed by atoms with Crippen molar-refractivity contribution in [3.63, 3.8) is 0 Å². The van der Waals surface area contributed by atoms with Gasteiger partial charge in [0.1, 0.15) is 6.10 Å². The number of hydrogen-bond donors (Lipinski definition) is 1. The zero-order chi connectivity index (χ0) is 18.1. The van der Waals surface area contributed by atoms with Crippen LogP contribution in [0.15, 0.2) is 18.2 Å². The zero-order valence-electron chi connectivity index (χ0n) is 14.4. The van der Waals surface area contributed by atoms with Gasteiger partial charge in [-0.15, -0.1) is 0 Å². The Morgan fingerprint density at radius 2 is 1.75 bits per heavy atom. The van der Waals surface area contributed by atoms with Crippen molar-refractivity contribution in [2.45, 2.75) is 52.6 Å². The highest BCUT2D eigenvalue weighted by molar-refractivity contribution is 6.36. The molecule has 0 aromatic heterocycles. The van der Waals surface area contributed by atoms with Crippen molar-refractivity contribution in [2.75, 3.05) is 6.54 Å². The van der Waals surface area contributed by atoms with Gasteiger partial charge in [-0.1, -0.05) is 49.5 Å². The molecule has 0 fully saturated rings. The summed E-state index contributed by atoms with van der Waals surface area (Å²) in [6, 6.07) is 5.25. The minimum atomic E-state index is -0.460. The number of carbonyl (C=O) groups excluding carboxylic acids is 2. The maximum atomic E-state index is 12.1. The number of ether oxygens (including phenoxy) is 1. The topological polar surface area (TPSA) is 55.4 Å². The van der Waals surface area contributed by atoms with Crippen LogP contribution < -0.4 is 5.32 Å². The molecule has 1 amide bonds. The molecule has 1 rings (SSSR count). The Labute approximate surface area is 153 Å².